The molecule has 0 aliphatic rings. The normalized spacial score (nSPS) is 14.3. The monoisotopic (exact) mass is 747 g/mol. The van der Waals surface area contributed by atoms with Gasteiger partial charge in [0.1, 0.15) is 6.61 Å². The molecule has 0 saturated carbocycles. The van der Waals surface area contributed by atoms with Gasteiger partial charge in [0, 0.05) is 19.4 Å². The van der Waals surface area contributed by atoms with Crippen molar-refractivity contribution in [2.24, 2.45) is 5.73 Å². The zero-order valence-electron chi connectivity index (χ0n) is 32.3. The lowest BCUT2D eigenvalue weighted by molar-refractivity contribution is -0.161. The summed E-state index contributed by atoms with van der Waals surface area (Å²) in [7, 11) is -4.40. The first-order valence-electron chi connectivity index (χ1n) is 19.6. The van der Waals surface area contributed by atoms with Crippen LogP contribution in [0, 0.1) is 0 Å². The second kappa shape index (κ2) is 37.9. The van der Waals surface area contributed by atoms with E-state index in [4.69, 9.17) is 24.3 Å². The summed E-state index contributed by atoms with van der Waals surface area (Å²) in [6.07, 6.45) is 46.3. The number of esters is 2. The molecule has 0 radical (unpaired) electrons. The summed E-state index contributed by atoms with van der Waals surface area (Å²) in [4.78, 5) is 34.7. The number of hydrogen-bond acceptors (Lipinski definition) is 8. The van der Waals surface area contributed by atoms with Crippen LogP contribution in [0.5, 0.6) is 0 Å². The predicted molar refractivity (Wildman–Crippen MR) is 215 cm³/mol. The van der Waals surface area contributed by atoms with E-state index in [-0.39, 0.29) is 32.6 Å². The maximum absolute atomic E-state index is 12.5. The first kappa shape index (κ1) is 49.2. The summed E-state index contributed by atoms with van der Waals surface area (Å²) in [5.74, 6) is -0.948. The fraction of sp³-hybridized carbons (Fsp3) is 0.619. The van der Waals surface area contributed by atoms with Crippen LogP contribution < -0.4 is 5.73 Å². The van der Waals surface area contributed by atoms with Crippen molar-refractivity contribution < 1.29 is 37.6 Å². The third-order valence-electron chi connectivity index (χ3n) is 7.53. The molecule has 0 aromatic carbocycles. The maximum atomic E-state index is 12.5. The van der Waals surface area contributed by atoms with Gasteiger partial charge in [-0.2, -0.15) is 0 Å². The largest absolute Gasteiger partial charge is 0.472 e. The van der Waals surface area contributed by atoms with Crippen molar-refractivity contribution in [3.63, 3.8) is 0 Å². The van der Waals surface area contributed by atoms with E-state index in [0.29, 0.717) is 12.8 Å². The van der Waals surface area contributed by atoms with E-state index >= 15 is 0 Å². The second-order valence-corrected chi connectivity index (χ2v) is 13.9. The molecule has 10 heteroatoms. The molecule has 0 aromatic heterocycles. The summed E-state index contributed by atoms with van der Waals surface area (Å²) < 4.78 is 32.6. The highest BCUT2D eigenvalue weighted by Crippen LogP contribution is 2.43. The molecule has 0 fully saturated rings. The molecule has 0 heterocycles. The van der Waals surface area contributed by atoms with Gasteiger partial charge in [-0.05, 0) is 77.0 Å². The van der Waals surface area contributed by atoms with Crippen molar-refractivity contribution in [2.45, 2.75) is 142 Å². The number of rotatable bonds is 35. The topological polar surface area (TPSA) is 134 Å². The standard InChI is InChI=1S/C42H70NO8P/c1-3-5-7-9-11-13-15-17-18-19-20-21-22-23-25-27-29-31-33-35-42(45)51-40(39-50-52(46,47)49-37-36-43)38-48-41(44)34-32-30-28-26-24-16-14-12-10-8-6-4-2/h5,7,11-14,17-18,20-21,23,25,29,31,40H,3-4,6,8-10,15-16,19,22,24,26-28,30,32-39,43H2,1-2H3,(H,46,47)/b7-5-,13-11-,14-12-,18-17-,21-20-,25-23-,31-29-. The van der Waals surface area contributed by atoms with E-state index in [1.165, 1.54) is 19.3 Å². The molecule has 0 aliphatic carbocycles. The number of carbonyl (C=O) groups excluding carboxylic acids is 2. The lowest BCUT2D eigenvalue weighted by Gasteiger charge is -2.19. The molecule has 9 nitrogen and oxygen atoms in total. The minimum atomic E-state index is -4.40. The van der Waals surface area contributed by atoms with Gasteiger partial charge in [0.2, 0.25) is 0 Å². The van der Waals surface area contributed by atoms with Gasteiger partial charge in [-0.15, -0.1) is 0 Å². The summed E-state index contributed by atoms with van der Waals surface area (Å²) in [5, 5.41) is 0. The van der Waals surface area contributed by atoms with Crippen molar-refractivity contribution in [1.29, 1.82) is 0 Å². The van der Waals surface area contributed by atoms with E-state index in [0.717, 1.165) is 77.0 Å². The number of phosphoric acid groups is 1. The van der Waals surface area contributed by atoms with Crippen molar-refractivity contribution in [3.05, 3.63) is 85.1 Å². The molecule has 0 spiro atoms. The summed E-state index contributed by atoms with van der Waals surface area (Å²) in [6.45, 7) is 3.46. The van der Waals surface area contributed by atoms with Gasteiger partial charge in [0.15, 0.2) is 6.10 Å². The average Bonchev–Trinajstić information content (AvgIpc) is 3.13. The van der Waals surface area contributed by atoms with Crippen LogP contribution in [0.4, 0.5) is 0 Å². The number of nitrogens with two attached hydrogens (primary N) is 1. The molecule has 0 rings (SSSR count). The van der Waals surface area contributed by atoms with Gasteiger partial charge in [-0.25, -0.2) is 4.57 Å². The zero-order valence-corrected chi connectivity index (χ0v) is 33.1. The van der Waals surface area contributed by atoms with Gasteiger partial charge in [-0.1, -0.05) is 131 Å². The van der Waals surface area contributed by atoms with Crippen LogP contribution >= 0.6 is 7.82 Å². The van der Waals surface area contributed by atoms with E-state index < -0.39 is 32.5 Å². The fourth-order valence-electron chi connectivity index (χ4n) is 4.65. The van der Waals surface area contributed by atoms with Crippen molar-refractivity contribution in [2.75, 3.05) is 26.4 Å². The first-order valence-corrected chi connectivity index (χ1v) is 21.1. The van der Waals surface area contributed by atoms with Crippen LogP contribution in [0.2, 0.25) is 0 Å². The minimum Gasteiger partial charge on any atom is -0.462 e. The number of phosphoric ester groups is 1. The van der Waals surface area contributed by atoms with Crippen molar-refractivity contribution >= 4 is 19.8 Å². The Morgan fingerprint density at radius 2 is 1.10 bits per heavy atom. The van der Waals surface area contributed by atoms with Crippen LogP contribution in [0.15, 0.2) is 85.1 Å². The third kappa shape index (κ3) is 37.0. The van der Waals surface area contributed by atoms with E-state index in [2.05, 4.69) is 86.8 Å². The number of carbonyl (C=O) groups is 2. The van der Waals surface area contributed by atoms with E-state index in [1.54, 1.807) is 0 Å². The summed E-state index contributed by atoms with van der Waals surface area (Å²) >= 11 is 0. The Kier molecular flexibility index (Phi) is 35.9. The second-order valence-electron chi connectivity index (χ2n) is 12.4. The Hall–Kier alpha value is -2.81. The van der Waals surface area contributed by atoms with Crippen molar-refractivity contribution in [1.82, 2.24) is 0 Å². The molecule has 0 aromatic rings. The highest BCUT2D eigenvalue weighted by molar-refractivity contribution is 7.47. The first-order chi connectivity index (χ1) is 25.3. The molecule has 0 amide bonds. The molecular formula is C42H70NO8P. The minimum absolute atomic E-state index is 0.0364. The molecule has 2 unspecified atom stereocenters. The molecule has 296 valence electrons. The Balaban J connectivity index is 4.38. The number of hydrogen-bond donors (Lipinski definition) is 2. The van der Waals surface area contributed by atoms with Gasteiger partial charge >= 0.3 is 19.8 Å². The van der Waals surface area contributed by atoms with Gasteiger partial charge in [-0.3, -0.25) is 18.6 Å². The van der Waals surface area contributed by atoms with Crippen LogP contribution in [0.1, 0.15) is 136 Å². The molecule has 0 saturated heterocycles. The Labute approximate surface area is 315 Å². The molecule has 0 bridgehead atoms. The summed E-state index contributed by atoms with van der Waals surface area (Å²) in [6, 6.07) is 0. The summed E-state index contributed by atoms with van der Waals surface area (Å²) in [5.41, 5.74) is 5.33. The molecule has 52 heavy (non-hydrogen) atoms. The molecular weight excluding hydrogens is 677 g/mol. The van der Waals surface area contributed by atoms with Crippen molar-refractivity contribution in [3.8, 4) is 0 Å². The number of allylic oxidation sites excluding steroid dienone is 14. The zero-order chi connectivity index (χ0) is 38.2. The molecule has 0 aliphatic heterocycles. The quantitative estimate of drug-likeness (QED) is 0.0281. The van der Waals surface area contributed by atoms with E-state index in [9.17, 15) is 19.0 Å². The number of unbranched alkanes of at least 4 members (excludes halogenated alkanes) is 8. The van der Waals surface area contributed by atoms with Crippen LogP contribution in [0.3, 0.4) is 0 Å². The lowest BCUT2D eigenvalue weighted by Crippen LogP contribution is -2.29. The van der Waals surface area contributed by atoms with E-state index in [1.807, 2.05) is 12.2 Å². The highest BCUT2D eigenvalue weighted by atomic mass is 31.2. The maximum Gasteiger partial charge on any atom is 0.472 e. The predicted octanol–water partition coefficient (Wildman–Crippen LogP) is 10.9. The van der Waals surface area contributed by atoms with Crippen LogP contribution in [-0.4, -0.2) is 49.3 Å². The third-order valence-corrected chi connectivity index (χ3v) is 8.51. The Morgan fingerprint density at radius 3 is 1.65 bits per heavy atom. The van der Waals surface area contributed by atoms with Crippen LogP contribution in [-0.2, 0) is 32.7 Å². The SMILES string of the molecule is CC/C=C\C/C=C\C/C=C\C/C=C\C/C=C\C/C=C\CCC(=O)OC(COC(=O)CCCCCCC/C=C\CCCCC)COP(=O)(O)OCCN. The number of ether oxygens (including phenoxy) is 2. The smallest absolute Gasteiger partial charge is 0.462 e. The van der Waals surface area contributed by atoms with Gasteiger partial charge < -0.3 is 20.1 Å². The average molecular weight is 748 g/mol. The van der Waals surface area contributed by atoms with Gasteiger partial charge in [0.25, 0.3) is 0 Å². The fourth-order valence-corrected chi connectivity index (χ4v) is 5.42. The molecule has 2 atom stereocenters. The Morgan fingerprint density at radius 1 is 0.596 bits per heavy atom. The Bertz CT molecular complexity index is 1130. The molecule has 3 N–H and O–H groups in total. The van der Waals surface area contributed by atoms with Crippen LogP contribution in [0.25, 0.3) is 0 Å². The highest BCUT2D eigenvalue weighted by Gasteiger charge is 2.25. The van der Waals surface area contributed by atoms with Gasteiger partial charge in [0.05, 0.1) is 13.2 Å². The lowest BCUT2D eigenvalue weighted by atomic mass is 10.1.